The van der Waals surface area contributed by atoms with Gasteiger partial charge in [-0.25, -0.2) is 0 Å². The number of aromatic nitrogens is 2. The van der Waals surface area contributed by atoms with Crippen LogP contribution in [0.15, 0.2) is 48.8 Å². The van der Waals surface area contributed by atoms with E-state index < -0.39 is 12.1 Å². The highest BCUT2D eigenvalue weighted by molar-refractivity contribution is 5.81. The van der Waals surface area contributed by atoms with E-state index in [0.717, 1.165) is 61.2 Å². The molecule has 3 aliphatic heterocycles. The number of amides is 1. The predicted molar refractivity (Wildman–Crippen MR) is 140 cm³/mol. The van der Waals surface area contributed by atoms with Crippen LogP contribution in [0, 0.1) is 5.92 Å². The van der Waals surface area contributed by atoms with Crippen molar-refractivity contribution >= 4 is 22.6 Å². The first-order valence-corrected chi connectivity index (χ1v) is 13.2. The third kappa shape index (κ3) is 5.19. The standard InChI is InChI=1S/C28H33N5O4/c34-27(19-5-6-25-26(14-19)37-13-12-36-25)24(18-32-9-1-2-10-32)31-28(35)20-7-11-33(17-20)21-15-23-22(30-16-21)4-3-8-29-23/h3-6,8,14-16,20,24,27,34H,1-2,7,9-13,17-18H2,(H,31,35). The lowest BCUT2D eigenvalue weighted by Crippen LogP contribution is -2.48. The van der Waals surface area contributed by atoms with Gasteiger partial charge in [-0.2, -0.15) is 0 Å². The lowest BCUT2D eigenvalue weighted by atomic mass is 9.99. The number of aliphatic hydroxyl groups is 1. The van der Waals surface area contributed by atoms with Crippen LogP contribution in [0.2, 0.25) is 0 Å². The summed E-state index contributed by atoms with van der Waals surface area (Å²) in [7, 11) is 0. The molecule has 0 spiro atoms. The fourth-order valence-electron chi connectivity index (χ4n) is 5.57. The molecule has 6 rings (SSSR count). The van der Waals surface area contributed by atoms with Gasteiger partial charge in [0.15, 0.2) is 11.5 Å². The number of ether oxygens (including phenoxy) is 2. The number of hydrogen-bond donors (Lipinski definition) is 2. The second-order valence-corrected chi connectivity index (χ2v) is 10.1. The molecule has 0 bridgehead atoms. The highest BCUT2D eigenvalue weighted by Gasteiger charge is 2.33. The van der Waals surface area contributed by atoms with Gasteiger partial charge in [0.05, 0.1) is 34.9 Å². The number of nitrogens with zero attached hydrogens (tertiary/aromatic N) is 4. The summed E-state index contributed by atoms with van der Waals surface area (Å²) in [6.45, 7) is 4.98. The maximum atomic E-state index is 13.4. The lowest BCUT2D eigenvalue weighted by Gasteiger charge is -2.30. The number of benzene rings is 1. The molecule has 37 heavy (non-hydrogen) atoms. The van der Waals surface area contributed by atoms with Crippen LogP contribution in [0.4, 0.5) is 5.69 Å². The molecule has 3 atom stereocenters. The smallest absolute Gasteiger partial charge is 0.225 e. The quantitative estimate of drug-likeness (QED) is 0.508. The highest BCUT2D eigenvalue weighted by atomic mass is 16.6. The number of carbonyl (C=O) groups excluding carboxylic acids is 1. The molecule has 1 aromatic carbocycles. The number of hydrogen-bond acceptors (Lipinski definition) is 8. The zero-order valence-electron chi connectivity index (χ0n) is 20.9. The third-order valence-corrected chi connectivity index (χ3v) is 7.63. The monoisotopic (exact) mass is 503 g/mol. The van der Waals surface area contributed by atoms with E-state index >= 15 is 0 Å². The summed E-state index contributed by atoms with van der Waals surface area (Å²) in [4.78, 5) is 26.9. The Morgan fingerprint density at radius 3 is 2.76 bits per heavy atom. The number of nitrogens with one attached hydrogen (secondary N) is 1. The Kier molecular flexibility index (Phi) is 6.80. The summed E-state index contributed by atoms with van der Waals surface area (Å²) in [5.74, 6) is 1.15. The second-order valence-electron chi connectivity index (χ2n) is 10.1. The molecular formula is C28H33N5O4. The predicted octanol–water partition coefficient (Wildman–Crippen LogP) is 2.54. The van der Waals surface area contributed by atoms with Crippen molar-refractivity contribution in [3.63, 3.8) is 0 Å². The maximum absolute atomic E-state index is 13.4. The molecular weight excluding hydrogens is 470 g/mol. The summed E-state index contributed by atoms with van der Waals surface area (Å²) in [6.07, 6.45) is 5.81. The van der Waals surface area contributed by atoms with Crippen LogP contribution in [-0.4, -0.2) is 77.9 Å². The lowest BCUT2D eigenvalue weighted by molar-refractivity contribution is -0.126. The van der Waals surface area contributed by atoms with Gasteiger partial charge >= 0.3 is 0 Å². The average molecular weight is 504 g/mol. The summed E-state index contributed by atoms with van der Waals surface area (Å²) in [5, 5.41) is 14.6. The zero-order chi connectivity index (χ0) is 25.2. The van der Waals surface area contributed by atoms with Gasteiger partial charge in [-0.15, -0.1) is 0 Å². The molecule has 2 fully saturated rings. The SMILES string of the molecule is O=C(NC(CN1CCCC1)C(O)c1ccc2c(c1)OCCO2)C1CCN(c2cnc3cccnc3c2)C1. The minimum atomic E-state index is -0.853. The molecule has 194 valence electrons. The highest BCUT2D eigenvalue weighted by Crippen LogP contribution is 2.34. The van der Waals surface area contributed by atoms with Crippen LogP contribution in [0.5, 0.6) is 11.5 Å². The molecule has 0 radical (unpaired) electrons. The van der Waals surface area contributed by atoms with Crippen LogP contribution in [0.1, 0.15) is 30.9 Å². The first-order chi connectivity index (χ1) is 18.1. The van der Waals surface area contributed by atoms with Crippen LogP contribution in [0.3, 0.4) is 0 Å². The van der Waals surface area contributed by atoms with Crippen molar-refractivity contribution in [2.45, 2.75) is 31.4 Å². The number of anilines is 1. The van der Waals surface area contributed by atoms with Crippen LogP contribution in [-0.2, 0) is 4.79 Å². The van der Waals surface area contributed by atoms with Crippen LogP contribution in [0.25, 0.3) is 11.0 Å². The fraction of sp³-hybridized carbons (Fsp3) is 0.464. The third-order valence-electron chi connectivity index (χ3n) is 7.63. The Labute approximate surface area is 216 Å². The molecule has 2 N–H and O–H groups in total. The van der Waals surface area contributed by atoms with Crippen molar-refractivity contribution in [3.05, 3.63) is 54.4 Å². The van der Waals surface area contributed by atoms with E-state index in [-0.39, 0.29) is 11.8 Å². The minimum absolute atomic E-state index is 0.0184. The van der Waals surface area contributed by atoms with Gasteiger partial charge in [-0.1, -0.05) is 6.07 Å². The topological polar surface area (TPSA) is 100 Å². The summed E-state index contributed by atoms with van der Waals surface area (Å²) in [5.41, 5.74) is 3.40. The van der Waals surface area contributed by atoms with E-state index in [0.29, 0.717) is 37.8 Å². The van der Waals surface area contributed by atoms with Crippen LogP contribution < -0.4 is 19.7 Å². The van der Waals surface area contributed by atoms with Gasteiger partial charge in [0, 0.05) is 25.8 Å². The summed E-state index contributed by atoms with van der Waals surface area (Å²) >= 11 is 0. The van der Waals surface area contributed by atoms with E-state index in [1.165, 1.54) is 0 Å². The molecule has 9 heteroatoms. The maximum Gasteiger partial charge on any atom is 0.225 e. The second kappa shape index (κ2) is 10.5. The number of pyridine rings is 2. The first kappa shape index (κ1) is 23.9. The molecule has 0 saturated carbocycles. The largest absolute Gasteiger partial charge is 0.486 e. The molecule has 3 unspecified atom stereocenters. The van der Waals surface area contributed by atoms with Gasteiger partial charge in [0.1, 0.15) is 19.3 Å². The Morgan fingerprint density at radius 2 is 1.89 bits per heavy atom. The zero-order valence-corrected chi connectivity index (χ0v) is 20.9. The van der Waals surface area contributed by atoms with Crippen molar-refractivity contribution in [1.29, 1.82) is 0 Å². The van der Waals surface area contributed by atoms with Crippen molar-refractivity contribution in [2.75, 3.05) is 50.8 Å². The van der Waals surface area contributed by atoms with Gasteiger partial charge < -0.3 is 29.7 Å². The summed E-state index contributed by atoms with van der Waals surface area (Å²) < 4.78 is 11.4. The number of aliphatic hydroxyl groups excluding tert-OH is 1. The van der Waals surface area contributed by atoms with E-state index in [9.17, 15) is 9.90 Å². The minimum Gasteiger partial charge on any atom is -0.486 e. The Morgan fingerprint density at radius 1 is 1.05 bits per heavy atom. The van der Waals surface area contributed by atoms with Gasteiger partial charge in [0.25, 0.3) is 0 Å². The molecule has 5 heterocycles. The van der Waals surface area contributed by atoms with Gasteiger partial charge in [-0.3, -0.25) is 14.8 Å². The van der Waals surface area contributed by atoms with Crippen molar-refractivity contribution < 1.29 is 19.4 Å². The Hall–Kier alpha value is -3.43. The van der Waals surface area contributed by atoms with Crippen molar-refractivity contribution in [1.82, 2.24) is 20.2 Å². The van der Waals surface area contributed by atoms with E-state index in [2.05, 4.69) is 25.1 Å². The molecule has 2 aromatic heterocycles. The number of rotatable bonds is 7. The molecule has 0 aliphatic carbocycles. The van der Waals surface area contributed by atoms with Gasteiger partial charge in [-0.05, 0) is 68.2 Å². The number of likely N-dealkylation sites (tertiary alicyclic amines) is 1. The van der Waals surface area contributed by atoms with E-state index in [1.54, 1.807) is 6.20 Å². The average Bonchev–Trinajstić information content (AvgIpc) is 3.64. The Bertz CT molecular complexity index is 1260. The molecule has 1 amide bonds. The number of carbonyl (C=O) groups is 1. The van der Waals surface area contributed by atoms with Gasteiger partial charge in [0.2, 0.25) is 5.91 Å². The summed E-state index contributed by atoms with van der Waals surface area (Å²) in [6, 6.07) is 11.0. The van der Waals surface area contributed by atoms with E-state index in [4.69, 9.17) is 9.47 Å². The molecule has 9 nitrogen and oxygen atoms in total. The first-order valence-electron chi connectivity index (χ1n) is 13.2. The van der Waals surface area contributed by atoms with Crippen molar-refractivity contribution in [3.8, 4) is 11.5 Å². The molecule has 3 aromatic rings. The van der Waals surface area contributed by atoms with Crippen molar-refractivity contribution in [2.24, 2.45) is 5.92 Å². The van der Waals surface area contributed by atoms with E-state index in [1.807, 2.05) is 42.6 Å². The Balaban J connectivity index is 1.15. The number of fused-ring (bicyclic) bond motifs is 2. The molecule has 3 aliphatic rings. The normalized spacial score (nSPS) is 21.2. The molecule has 2 saturated heterocycles. The van der Waals surface area contributed by atoms with Crippen LogP contribution >= 0.6 is 0 Å². The fourth-order valence-corrected chi connectivity index (χ4v) is 5.57.